The lowest BCUT2D eigenvalue weighted by Crippen LogP contribution is -2.35. The van der Waals surface area contributed by atoms with Crippen molar-refractivity contribution in [3.8, 4) is 11.5 Å². The summed E-state index contributed by atoms with van der Waals surface area (Å²) in [6, 6.07) is 4.33. The van der Waals surface area contributed by atoms with Gasteiger partial charge in [-0.25, -0.2) is 0 Å². The zero-order valence-corrected chi connectivity index (χ0v) is 10.1. The van der Waals surface area contributed by atoms with E-state index in [1.165, 1.54) is 7.11 Å². The van der Waals surface area contributed by atoms with Gasteiger partial charge < -0.3 is 20.3 Å². The number of ether oxygens (including phenoxy) is 2. The molecule has 0 aliphatic carbocycles. The number of rotatable bonds is 5. The molecule has 0 saturated heterocycles. The molecule has 1 rings (SSSR count). The van der Waals surface area contributed by atoms with Crippen molar-refractivity contribution >= 4 is 5.97 Å². The van der Waals surface area contributed by atoms with Crippen LogP contribution in [0.15, 0.2) is 18.2 Å². The third-order valence-electron chi connectivity index (χ3n) is 2.76. The van der Waals surface area contributed by atoms with Crippen LogP contribution in [0.5, 0.6) is 11.5 Å². The van der Waals surface area contributed by atoms with Gasteiger partial charge in [-0.2, -0.15) is 0 Å². The van der Waals surface area contributed by atoms with E-state index in [2.05, 4.69) is 0 Å². The Kier molecular flexibility index (Phi) is 4.34. The number of hydrogen-bond acceptors (Lipinski definition) is 4. The Morgan fingerprint density at radius 1 is 1.29 bits per heavy atom. The van der Waals surface area contributed by atoms with E-state index in [4.69, 9.17) is 20.3 Å². The molecular weight excluding hydrogens is 222 g/mol. The highest BCUT2D eigenvalue weighted by molar-refractivity contribution is 5.74. The number of nitrogens with two attached hydrogens (primary N) is 1. The van der Waals surface area contributed by atoms with Crippen LogP contribution < -0.4 is 15.2 Å². The van der Waals surface area contributed by atoms with E-state index in [1.807, 2.05) is 0 Å². The van der Waals surface area contributed by atoms with Crippen LogP contribution >= 0.6 is 0 Å². The first-order valence-corrected chi connectivity index (χ1v) is 5.21. The molecule has 2 unspecified atom stereocenters. The van der Waals surface area contributed by atoms with Crippen LogP contribution in [-0.2, 0) is 4.79 Å². The molecule has 0 fully saturated rings. The van der Waals surface area contributed by atoms with E-state index < -0.39 is 12.0 Å². The lowest BCUT2D eigenvalue weighted by Gasteiger charge is -2.18. The van der Waals surface area contributed by atoms with Crippen molar-refractivity contribution < 1.29 is 19.4 Å². The second kappa shape index (κ2) is 5.54. The molecule has 0 radical (unpaired) electrons. The number of methoxy groups -OCH3 is 2. The second-order valence-electron chi connectivity index (χ2n) is 3.77. The Bertz CT molecular complexity index is 405. The molecule has 0 amide bonds. The zero-order valence-electron chi connectivity index (χ0n) is 10.1. The van der Waals surface area contributed by atoms with Gasteiger partial charge in [0, 0.05) is 5.92 Å². The fourth-order valence-corrected chi connectivity index (χ4v) is 1.56. The topological polar surface area (TPSA) is 81.8 Å². The summed E-state index contributed by atoms with van der Waals surface area (Å²) in [6.07, 6.45) is 0. The average molecular weight is 239 g/mol. The second-order valence-corrected chi connectivity index (χ2v) is 3.77. The van der Waals surface area contributed by atoms with Gasteiger partial charge in [-0.05, 0) is 17.7 Å². The quantitative estimate of drug-likeness (QED) is 0.807. The predicted octanol–water partition coefficient (Wildman–Crippen LogP) is 1.22. The maximum absolute atomic E-state index is 10.8. The van der Waals surface area contributed by atoms with Crippen molar-refractivity contribution in [2.24, 2.45) is 5.73 Å². The van der Waals surface area contributed by atoms with Crippen molar-refractivity contribution in [2.45, 2.75) is 18.9 Å². The van der Waals surface area contributed by atoms with Gasteiger partial charge in [0.05, 0.1) is 14.2 Å². The Hall–Kier alpha value is -1.75. The molecule has 5 nitrogen and oxygen atoms in total. The molecule has 0 aliphatic heterocycles. The standard InChI is InChI=1S/C12H17NO4/c1-7(11(13)12(14)15)8-4-5-9(16-2)10(6-8)17-3/h4-7,11H,13H2,1-3H3,(H,14,15). The fraction of sp³-hybridized carbons (Fsp3) is 0.417. The third kappa shape index (κ3) is 2.88. The summed E-state index contributed by atoms with van der Waals surface area (Å²) < 4.78 is 10.3. The fourth-order valence-electron chi connectivity index (χ4n) is 1.56. The molecule has 0 spiro atoms. The summed E-state index contributed by atoms with van der Waals surface area (Å²) in [5, 5.41) is 8.86. The number of carbonyl (C=O) groups is 1. The van der Waals surface area contributed by atoms with Crippen LogP contribution in [0.1, 0.15) is 18.4 Å². The van der Waals surface area contributed by atoms with E-state index in [-0.39, 0.29) is 5.92 Å². The third-order valence-corrected chi connectivity index (χ3v) is 2.76. The monoisotopic (exact) mass is 239 g/mol. The van der Waals surface area contributed by atoms with Crippen molar-refractivity contribution in [3.05, 3.63) is 23.8 Å². The van der Waals surface area contributed by atoms with Crippen molar-refractivity contribution in [3.63, 3.8) is 0 Å². The molecule has 2 atom stereocenters. The minimum Gasteiger partial charge on any atom is -0.493 e. The molecule has 5 heteroatoms. The van der Waals surface area contributed by atoms with Crippen molar-refractivity contribution in [1.29, 1.82) is 0 Å². The van der Waals surface area contributed by atoms with E-state index in [0.717, 1.165) is 5.56 Å². The highest BCUT2D eigenvalue weighted by Crippen LogP contribution is 2.31. The molecule has 0 bridgehead atoms. The summed E-state index contributed by atoms with van der Waals surface area (Å²) in [5.41, 5.74) is 6.39. The van der Waals surface area contributed by atoms with Crippen LogP contribution in [0.2, 0.25) is 0 Å². The minimum atomic E-state index is -1.02. The molecular formula is C12H17NO4. The zero-order chi connectivity index (χ0) is 13.0. The number of benzene rings is 1. The summed E-state index contributed by atoms with van der Waals surface area (Å²) in [4.78, 5) is 10.8. The molecule has 1 aromatic rings. The van der Waals surface area contributed by atoms with Gasteiger partial charge in [0.15, 0.2) is 11.5 Å². The summed E-state index contributed by atoms with van der Waals surface area (Å²) in [7, 11) is 3.08. The highest BCUT2D eigenvalue weighted by Gasteiger charge is 2.22. The minimum absolute atomic E-state index is 0.299. The largest absolute Gasteiger partial charge is 0.493 e. The van der Waals surface area contributed by atoms with Gasteiger partial charge in [0.2, 0.25) is 0 Å². The summed E-state index contributed by atoms with van der Waals surface area (Å²) in [5.74, 6) is -0.152. The van der Waals surface area contributed by atoms with E-state index in [0.29, 0.717) is 11.5 Å². The summed E-state index contributed by atoms with van der Waals surface area (Å²) >= 11 is 0. The lowest BCUT2D eigenvalue weighted by atomic mass is 9.93. The van der Waals surface area contributed by atoms with Crippen LogP contribution in [0, 0.1) is 0 Å². The van der Waals surface area contributed by atoms with Gasteiger partial charge >= 0.3 is 5.97 Å². The normalized spacial score (nSPS) is 13.9. The van der Waals surface area contributed by atoms with E-state index in [9.17, 15) is 4.79 Å². The molecule has 0 aliphatic rings. The smallest absolute Gasteiger partial charge is 0.321 e. The number of aliphatic carboxylic acids is 1. The first-order valence-electron chi connectivity index (χ1n) is 5.21. The Labute approximate surface area is 100 Å². The van der Waals surface area contributed by atoms with E-state index >= 15 is 0 Å². The highest BCUT2D eigenvalue weighted by atomic mass is 16.5. The molecule has 1 aromatic carbocycles. The molecule has 0 aromatic heterocycles. The van der Waals surface area contributed by atoms with Gasteiger partial charge in [-0.1, -0.05) is 13.0 Å². The number of carboxylic acid groups (broad SMARTS) is 1. The van der Waals surface area contributed by atoms with Gasteiger partial charge in [-0.15, -0.1) is 0 Å². The Morgan fingerprint density at radius 2 is 1.88 bits per heavy atom. The maximum atomic E-state index is 10.8. The van der Waals surface area contributed by atoms with Crippen molar-refractivity contribution in [1.82, 2.24) is 0 Å². The number of hydrogen-bond donors (Lipinski definition) is 2. The van der Waals surface area contributed by atoms with Gasteiger partial charge in [0.25, 0.3) is 0 Å². The van der Waals surface area contributed by atoms with Crippen LogP contribution in [0.3, 0.4) is 0 Å². The first kappa shape index (κ1) is 13.3. The van der Waals surface area contributed by atoms with Gasteiger partial charge in [-0.3, -0.25) is 4.79 Å². The van der Waals surface area contributed by atoms with Gasteiger partial charge in [0.1, 0.15) is 6.04 Å². The predicted molar refractivity (Wildman–Crippen MR) is 63.6 cm³/mol. The average Bonchev–Trinajstić information content (AvgIpc) is 2.35. The number of carboxylic acids is 1. The maximum Gasteiger partial charge on any atom is 0.321 e. The summed E-state index contributed by atoms with van der Waals surface area (Å²) in [6.45, 7) is 1.76. The molecule has 0 heterocycles. The van der Waals surface area contributed by atoms with Crippen LogP contribution in [0.25, 0.3) is 0 Å². The first-order chi connectivity index (χ1) is 8.01. The van der Waals surface area contributed by atoms with Crippen LogP contribution in [0.4, 0.5) is 0 Å². The molecule has 3 N–H and O–H groups in total. The molecule has 0 saturated carbocycles. The SMILES string of the molecule is COc1ccc(C(C)C(N)C(=O)O)cc1OC. The van der Waals surface area contributed by atoms with E-state index in [1.54, 1.807) is 32.2 Å². The van der Waals surface area contributed by atoms with Crippen LogP contribution in [-0.4, -0.2) is 31.3 Å². The Balaban J connectivity index is 3.03. The Morgan fingerprint density at radius 3 is 2.35 bits per heavy atom. The molecule has 17 heavy (non-hydrogen) atoms. The van der Waals surface area contributed by atoms with Crippen molar-refractivity contribution in [2.75, 3.05) is 14.2 Å². The molecule has 94 valence electrons. The lowest BCUT2D eigenvalue weighted by molar-refractivity contribution is -0.139.